The molecule has 0 N–H and O–H groups in total. The van der Waals surface area contributed by atoms with Crippen LogP contribution in [0.5, 0.6) is 5.75 Å². The van der Waals surface area contributed by atoms with Crippen LogP contribution in [0.15, 0.2) is 51.6 Å². The van der Waals surface area contributed by atoms with E-state index < -0.39 is 5.97 Å². The Morgan fingerprint density at radius 1 is 1.17 bits per heavy atom. The number of aromatic nitrogens is 1. The van der Waals surface area contributed by atoms with Crippen LogP contribution >= 0.6 is 0 Å². The summed E-state index contributed by atoms with van der Waals surface area (Å²) in [6.07, 6.45) is 1.54. The molecule has 6 nitrogen and oxygen atoms in total. The number of rotatable bonds is 6. The summed E-state index contributed by atoms with van der Waals surface area (Å²) in [5.74, 6) is 1.25. The van der Waals surface area contributed by atoms with Crippen molar-refractivity contribution in [2.75, 3.05) is 6.61 Å². The fourth-order valence-electron chi connectivity index (χ4n) is 2.11. The van der Waals surface area contributed by atoms with Gasteiger partial charge in [-0.3, -0.25) is 0 Å². The van der Waals surface area contributed by atoms with Crippen molar-refractivity contribution in [1.29, 1.82) is 0 Å². The monoisotopic (exact) mass is 327 g/mol. The van der Waals surface area contributed by atoms with Crippen molar-refractivity contribution in [3.63, 3.8) is 0 Å². The standard InChI is InChI=1S/C18H17NO5/c1-12-5-6-13(2)16(8-12)22-11-18(20)23-10-14-9-17(24-19-14)15-4-3-7-21-15/h3-9H,10-11H2,1-2H3. The Morgan fingerprint density at radius 3 is 2.83 bits per heavy atom. The van der Waals surface area contributed by atoms with Gasteiger partial charge >= 0.3 is 5.97 Å². The minimum Gasteiger partial charge on any atom is -0.482 e. The lowest BCUT2D eigenvalue weighted by atomic mass is 10.1. The number of hydrogen-bond donors (Lipinski definition) is 0. The van der Waals surface area contributed by atoms with E-state index >= 15 is 0 Å². The molecule has 124 valence electrons. The molecule has 6 heteroatoms. The molecule has 0 atom stereocenters. The minimum absolute atomic E-state index is 0.0131. The van der Waals surface area contributed by atoms with Gasteiger partial charge in [0.25, 0.3) is 0 Å². The molecular formula is C18H17NO5. The maximum Gasteiger partial charge on any atom is 0.344 e. The number of furan rings is 1. The van der Waals surface area contributed by atoms with Gasteiger partial charge in [-0.2, -0.15) is 0 Å². The summed E-state index contributed by atoms with van der Waals surface area (Å²) in [4.78, 5) is 11.8. The zero-order valence-corrected chi connectivity index (χ0v) is 13.4. The summed E-state index contributed by atoms with van der Waals surface area (Å²) in [7, 11) is 0. The van der Waals surface area contributed by atoms with E-state index in [1.54, 1.807) is 24.5 Å². The van der Waals surface area contributed by atoms with Crippen molar-refractivity contribution in [2.24, 2.45) is 0 Å². The van der Waals surface area contributed by atoms with Gasteiger partial charge < -0.3 is 18.4 Å². The molecular weight excluding hydrogens is 310 g/mol. The van der Waals surface area contributed by atoms with Gasteiger partial charge in [-0.05, 0) is 43.2 Å². The first-order valence-electron chi connectivity index (χ1n) is 7.47. The van der Waals surface area contributed by atoms with Crippen molar-refractivity contribution in [2.45, 2.75) is 20.5 Å². The van der Waals surface area contributed by atoms with E-state index in [-0.39, 0.29) is 13.2 Å². The second kappa shape index (κ2) is 7.04. The molecule has 2 heterocycles. The zero-order valence-electron chi connectivity index (χ0n) is 13.4. The van der Waals surface area contributed by atoms with Crippen molar-refractivity contribution in [1.82, 2.24) is 5.16 Å². The first kappa shape index (κ1) is 15.9. The summed E-state index contributed by atoms with van der Waals surface area (Å²) >= 11 is 0. The highest BCUT2D eigenvalue weighted by Crippen LogP contribution is 2.21. The molecule has 1 aromatic carbocycles. The fourth-order valence-corrected chi connectivity index (χ4v) is 2.11. The molecule has 0 saturated heterocycles. The van der Waals surface area contributed by atoms with E-state index in [0.717, 1.165) is 11.1 Å². The van der Waals surface area contributed by atoms with Crippen molar-refractivity contribution in [3.05, 3.63) is 59.5 Å². The minimum atomic E-state index is -0.474. The first-order chi connectivity index (χ1) is 11.6. The van der Waals surface area contributed by atoms with E-state index in [1.165, 1.54) is 0 Å². The highest BCUT2D eigenvalue weighted by atomic mass is 16.6. The lowest BCUT2D eigenvalue weighted by Crippen LogP contribution is -2.15. The van der Waals surface area contributed by atoms with Gasteiger partial charge in [0.2, 0.25) is 5.76 Å². The normalized spacial score (nSPS) is 10.6. The number of carbonyl (C=O) groups is 1. The smallest absolute Gasteiger partial charge is 0.344 e. The molecule has 0 unspecified atom stereocenters. The largest absolute Gasteiger partial charge is 0.482 e. The Hall–Kier alpha value is -3.02. The number of benzene rings is 1. The van der Waals surface area contributed by atoms with Crippen molar-refractivity contribution in [3.8, 4) is 17.3 Å². The average Bonchev–Trinajstić information content (AvgIpc) is 3.24. The van der Waals surface area contributed by atoms with Gasteiger partial charge in [0, 0.05) is 6.07 Å². The quantitative estimate of drug-likeness (QED) is 0.643. The summed E-state index contributed by atoms with van der Waals surface area (Å²) in [6, 6.07) is 11.0. The lowest BCUT2D eigenvalue weighted by molar-refractivity contribution is -0.147. The zero-order chi connectivity index (χ0) is 16.9. The van der Waals surface area contributed by atoms with Crippen LogP contribution in [-0.4, -0.2) is 17.7 Å². The van der Waals surface area contributed by atoms with E-state index in [0.29, 0.717) is 23.0 Å². The number of hydrogen-bond acceptors (Lipinski definition) is 6. The highest BCUT2D eigenvalue weighted by Gasteiger charge is 2.12. The van der Waals surface area contributed by atoms with Crippen LogP contribution < -0.4 is 4.74 Å². The van der Waals surface area contributed by atoms with Gasteiger partial charge in [0.1, 0.15) is 18.1 Å². The molecule has 0 fully saturated rings. The summed E-state index contributed by atoms with van der Waals surface area (Å²) in [6.45, 7) is 3.74. The predicted octanol–water partition coefficient (Wildman–Crippen LogP) is 3.67. The third-order valence-corrected chi connectivity index (χ3v) is 3.39. The molecule has 2 aromatic heterocycles. The van der Waals surface area contributed by atoms with Crippen molar-refractivity contribution >= 4 is 5.97 Å². The van der Waals surface area contributed by atoms with Crippen LogP contribution in [0, 0.1) is 13.8 Å². The molecule has 0 aliphatic carbocycles. The van der Waals surface area contributed by atoms with Gasteiger partial charge in [0.15, 0.2) is 12.4 Å². The van der Waals surface area contributed by atoms with Crippen LogP contribution in [0.2, 0.25) is 0 Å². The third-order valence-electron chi connectivity index (χ3n) is 3.39. The number of ether oxygens (including phenoxy) is 2. The number of carbonyl (C=O) groups excluding carboxylic acids is 1. The highest BCUT2D eigenvalue weighted by molar-refractivity contribution is 5.71. The Labute approximate surface area is 139 Å². The predicted molar refractivity (Wildman–Crippen MR) is 85.4 cm³/mol. The van der Waals surface area contributed by atoms with E-state index in [4.69, 9.17) is 18.4 Å². The average molecular weight is 327 g/mol. The summed E-state index contributed by atoms with van der Waals surface area (Å²) in [5, 5.41) is 3.84. The molecule has 3 aromatic rings. The molecule has 0 amide bonds. The third kappa shape index (κ3) is 3.84. The van der Waals surface area contributed by atoms with E-state index in [9.17, 15) is 4.79 Å². The van der Waals surface area contributed by atoms with E-state index in [2.05, 4.69) is 5.16 Å². The second-order valence-electron chi connectivity index (χ2n) is 5.38. The Kier molecular flexibility index (Phi) is 4.65. The molecule has 0 spiro atoms. The van der Waals surface area contributed by atoms with Crippen LogP contribution in [0.1, 0.15) is 16.8 Å². The molecule has 3 rings (SSSR count). The summed E-state index contributed by atoms with van der Waals surface area (Å²) in [5.41, 5.74) is 2.53. The fraction of sp³-hybridized carbons (Fsp3) is 0.222. The van der Waals surface area contributed by atoms with Gasteiger partial charge in [-0.1, -0.05) is 17.3 Å². The van der Waals surface area contributed by atoms with Gasteiger partial charge in [-0.25, -0.2) is 4.79 Å². The Balaban J connectivity index is 1.50. The van der Waals surface area contributed by atoms with Crippen molar-refractivity contribution < 1.29 is 23.2 Å². The lowest BCUT2D eigenvalue weighted by Gasteiger charge is -2.09. The van der Waals surface area contributed by atoms with Crippen LogP contribution in [0.25, 0.3) is 11.5 Å². The van der Waals surface area contributed by atoms with E-state index in [1.807, 2.05) is 32.0 Å². The number of aryl methyl sites for hydroxylation is 2. The van der Waals surface area contributed by atoms with Crippen LogP contribution in [0.4, 0.5) is 0 Å². The molecule has 0 bridgehead atoms. The Morgan fingerprint density at radius 2 is 2.04 bits per heavy atom. The first-order valence-corrected chi connectivity index (χ1v) is 7.47. The molecule has 0 aliphatic heterocycles. The maximum absolute atomic E-state index is 11.8. The SMILES string of the molecule is Cc1ccc(C)c(OCC(=O)OCc2cc(-c3ccco3)on2)c1. The molecule has 0 saturated carbocycles. The van der Waals surface area contributed by atoms with Gasteiger partial charge in [-0.15, -0.1) is 0 Å². The van der Waals surface area contributed by atoms with Crippen LogP contribution in [-0.2, 0) is 16.1 Å². The second-order valence-corrected chi connectivity index (χ2v) is 5.38. The number of nitrogens with zero attached hydrogens (tertiary/aromatic N) is 1. The summed E-state index contributed by atoms with van der Waals surface area (Å²) < 4.78 is 21.0. The molecule has 24 heavy (non-hydrogen) atoms. The topological polar surface area (TPSA) is 74.7 Å². The van der Waals surface area contributed by atoms with Crippen LogP contribution in [0.3, 0.4) is 0 Å². The number of esters is 1. The molecule has 0 radical (unpaired) electrons. The maximum atomic E-state index is 11.8. The molecule has 0 aliphatic rings. The Bertz CT molecular complexity index is 820. The van der Waals surface area contributed by atoms with Gasteiger partial charge in [0.05, 0.1) is 6.26 Å².